The van der Waals surface area contributed by atoms with Gasteiger partial charge in [0.15, 0.2) is 0 Å². The van der Waals surface area contributed by atoms with Gasteiger partial charge in [0.25, 0.3) is 5.56 Å². The first-order valence-electron chi connectivity index (χ1n) is 6.24. The highest BCUT2D eigenvalue weighted by atomic mass is 16.5. The molecule has 106 valence electrons. The van der Waals surface area contributed by atoms with Crippen LogP contribution in [-0.2, 0) is 17.7 Å². The SMILES string of the molecule is C=C(C)COCCn1c(O)c(CCC)c(=O)[nH]c1=O. The number of hydrogen-bond acceptors (Lipinski definition) is 4. The second-order valence-corrected chi connectivity index (χ2v) is 4.47. The number of hydrogen-bond donors (Lipinski definition) is 2. The van der Waals surface area contributed by atoms with E-state index < -0.39 is 11.2 Å². The zero-order valence-electron chi connectivity index (χ0n) is 11.4. The molecule has 0 amide bonds. The number of aromatic nitrogens is 2. The van der Waals surface area contributed by atoms with Gasteiger partial charge in [0.05, 0.1) is 25.3 Å². The van der Waals surface area contributed by atoms with Gasteiger partial charge in [0.1, 0.15) is 0 Å². The van der Waals surface area contributed by atoms with E-state index in [9.17, 15) is 14.7 Å². The first-order valence-corrected chi connectivity index (χ1v) is 6.24. The number of ether oxygens (including phenoxy) is 1. The molecular weight excluding hydrogens is 248 g/mol. The third-order valence-electron chi connectivity index (χ3n) is 2.57. The molecule has 0 atom stereocenters. The standard InChI is InChI=1S/C13H20N2O4/c1-4-5-10-11(16)14-13(18)15(12(10)17)6-7-19-8-9(2)3/h17H,2,4-8H2,1,3H3,(H,14,16,18). The average Bonchev–Trinajstić information content (AvgIpc) is 2.33. The van der Waals surface area contributed by atoms with Crippen LogP contribution in [0.25, 0.3) is 0 Å². The van der Waals surface area contributed by atoms with E-state index in [2.05, 4.69) is 11.6 Å². The number of aromatic hydroxyl groups is 1. The van der Waals surface area contributed by atoms with Crippen LogP contribution in [0.4, 0.5) is 0 Å². The van der Waals surface area contributed by atoms with E-state index in [1.54, 1.807) is 0 Å². The molecule has 0 aliphatic carbocycles. The van der Waals surface area contributed by atoms with Crippen molar-refractivity contribution in [2.75, 3.05) is 13.2 Å². The molecular formula is C13H20N2O4. The molecule has 0 aromatic carbocycles. The molecule has 19 heavy (non-hydrogen) atoms. The quantitative estimate of drug-likeness (QED) is 0.565. The van der Waals surface area contributed by atoms with Crippen LogP contribution < -0.4 is 11.2 Å². The molecule has 0 saturated heterocycles. The van der Waals surface area contributed by atoms with E-state index in [0.29, 0.717) is 19.4 Å². The van der Waals surface area contributed by atoms with Crippen LogP contribution in [0.1, 0.15) is 25.8 Å². The lowest BCUT2D eigenvalue weighted by Crippen LogP contribution is -2.33. The van der Waals surface area contributed by atoms with Crippen molar-refractivity contribution in [1.29, 1.82) is 0 Å². The van der Waals surface area contributed by atoms with Crippen LogP contribution in [0.2, 0.25) is 0 Å². The van der Waals surface area contributed by atoms with E-state index >= 15 is 0 Å². The molecule has 0 bridgehead atoms. The van der Waals surface area contributed by atoms with Gasteiger partial charge in [-0.2, -0.15) is 0 Å². The third kappa shape index (κ3) is 4.10. The van der Waals surface area contributed by atoms with E-state index in [1.807, 2.05) is 13.8 Å². The van der Waals surface area contributed by atoms with Crippen molar-refractivity contribution >= 4 is 0 Å². The van der Waals surface area contributed by atoms with Crippen molar-refractivity contribution < 1.29 is 9.84 Å². The van der Waals surface area contributed by atoms with Crippen LogP contribution in [0, 0.1) is 0 Å². The molecule has 6 heteroatoms. The Hall–Kier alpha value is -1.82. The molecule has 1 aromatic heterocycles. The van der Waals surface area contributed by atoms with Crippen LogP contribution in [0.15, 0.2) is 21.7 Å². The molecule has 1 heterocycles. The maximum Gasteiger partial charge on any atom is 0.331 e. The van der Waals surface area contributed by atoms with Crippen LogP contribution in [0.3, 0.4) is 0 Å². The molecule has 0 spiro atoms. The minimum atomic E-state index is -0.624. The van der Waals surface area contributed by atoms with Crippen LogP contribution in [-0.4, -0.2) is 27.9 Å². The highest BCUT2D eigenvalue weighted by Crippen LogP contribution is 2.11. The minimum Gasteiger partial charge on any atom is -0.494 e. The summed E-state index contributed by atoms with van der Waals surface area (Å²) in [6, 6.07) is 0. The largest absolute Gasteiger partial charge is 0.494 e. The maximum atomic E-state index is 11.6. The molecule has 0 unspecified atom stereocenters. The summed E-state index contributed by atoms with van der Waals surface area (Å²) < 4.78 is 6.39. The fourth-order valence-corrected chi connectivity index (χ4v) is 1.69. The first kappa shape index (κ1) is 15.2. The second-order valence-electron chi connectivity index (χ2n) is 4.47. The van der Waals surface area contributed by atoms with Crippen molar-refractivity contribution in [2.45, 2.75) is 33.2 Å². The summed E-state index contributed by atoms with van der Waals surface area (Å²) in [7, 11) is 0. The maximum absolute atomic E-state index is 11.6. The third-order valence-corrected chi connectivity index (χ3v) is 2.57. The Morgan fingerprint density at radius 2 is 2.16 bits per heavy atom. The smallest absolute Gasteiger partial charge is 0.331 e. The van der Waals surface area contributed by atoms with Gasteiger partial charge < -0.3 is 9.84 Å². The molecule has 1 rings (SSSR count). The monoisotopic (exact) mass is 268 g/mol. The van der Waals surface area contributed by atoms with Gasteiger partial charge in [-0.05, 0) is 13.3 Å². The minimum absolute atomic E-state index is 0.186. The number of rotatable bonds is 7. The van der Waals surface area contributed by atoms with Crippen LogP contribution >= 0.6 is 0 Å². The molecule has 1 aromatic rings. The second kappa shape index (κ2) is 6.94. The Labute approximate surface area is 111 Å². The van der Waals surface area contributed by atoms with Crippen LogP contribution in [0.5, 0.6) is 5.88 Å². The fraction of sp³-hybridized carbons (Fsp3) is 0.538. The normalized spacial score (nSPS) is 10.6. The van der Waals surface area contributed by atoms with E-state index in [1.165, 1.54) is 0 Å². The van der Waals surface area contributed by atoms with Gasteiger partial charge >= 0.3 is 5.69 Å². The molecule has 0 fully saturated rings. The lowest BCUT2D eigenvalue weighted by atomic mass is 10.2. The summed E-state index contributed by atoms with van der Waals surface area (Å²) in [5.74, 6) is -0.269. The summed E-state index contributed by atoms with van der Waals surface area (Å²) in [6.07, 6.45) is 1.13. The summed E-state index contributed by atoms with van der Waals surface area (Å²) in [4.78, 5) is 25.4. The molecule has 2 N–H and O–H groups in total. The molecule has 0 radical (unpaired) electrons. The first-order chi connectivity index (χ1) is 8.97. The van der Waals surface area contributed by atoms with Crippen molar-refractivity contribution in [3.8, 4) is 5.88 Å². The molecule has 0 aliphatic heterocycles. The number of aromatic amines is 1. The Balaban J connectivity index is 2.88. The van der Waals surface area contributed by atoms with Gasteiger partial charge in [0.2, 0.25) is 5.88 Å². The number of nitrogens with zero attached hydrogens (tertiary/aromatic N) is 1. The van der Waals surface area contributed by atoms with Gasteiger partial charge in [-0.1, -0.05) is 25.5 Å². The summed E-state index contributed by atoms with van der Waals surface area (Å²) in [5.41, 5.74) is -0.0311. The Morgan fingerprint density at radius 1 is 1.47 bits per heavy atom. The zero-order chi connectivity index (χ0) is 14.4. The Bertz CT molecular complexity index is 557. The molecule has 0 aliphatic rings. The topological polar surface area (TPSA) is 84.3 Å². The van der Waals surface area contributed by atoms with Crippen molar-refractivity contribution in [1.82, 2.24) is 9.55 Å². The molecule has 6 nitrogen and oxygen atoms in total. The lowest BCUT2D eigenvalue weighted by Gasteiger charge is -2.11. The number of H-pyrrole nitrogens is 1. The molecule has 0 saturated carbocycles. The Morgan fingerprint density at radius 3 is 2.74 bits per heavy atom. The fourth-order valence-electron chi connectivity index (χ4n) is 1.69. The summed E-state index contributed by atoms with van der Waals surface area (Å²) in [5, 5.41) is 9.96. The summed E-state index contributed by atoms with van der Waals surface area (Å²) in [6.45, 7) is 8.28. The van der Waals surface area contributed by atoms with E-state index in [0.717, 1.165) is 10.1 Å². The highest BCUT2D eigenvalue weighted by molar-refractivity contribution is 5.22. The predicted octanol–water partition coefficient (Wildman–Crippen LogP) is 0.787. The van der Waals surface area contributed by atoms with E-state index in [-0.39, 0.29) is 24.6 Å². The van der Waals surface area contributed by atoms with Crippen molar-refractivity contribution in [3.05, 3.63) is 38.6 Å². The average molecular weight is 268 g/mol. The van der Waals surface area contributed by atoms with E-state index in [4.69, 9.17) is 4.74 Å². The highest BCUT2D eigenvalue weighted by Gasteiger charge is 2.12. The van der Waals surface area contributed by atoms with Gasteiger partial charge in [-0.25, -0.2) is 4.79 Å². The van der Waals surface area contributed by atoms with Gasteiger partial charge in [-0.15, -0.1) is 0 Å². The van der Waals surface area contributed by atoms with Crippen molar-refractivity contribution in [2.24, 2.45) is 0 Å². The summed E-state index contributed by atoms with van der Waals surface area (Å²) >= 11 is 0. The Kier molecular flexibility index (Phi) is 5.57. The lowest BCUT2D eigenvalue weighted by molar-refractivity contribution is 0.143. The zero-order valence-corrected chi connectivity index (χ0v) is 11.4. The predicted molar refractivity (Wildman–Crippen MR) is 72.6 cm³/mol. The number of nitrogens with one attached hydrogen (secondary N) is 1. The van der Waals surface area contributed by atoms with Gasteiger partial charge in [0, 0.05) is 0 Å². The van der Waals surface area contributed by atoms with Gasteiger partial charge in [-0.3, -0.25) is 14.3 Å². The van der Waals surface area contributed by atoms with Crippen molar-refractivity contribution in [3.63, 3.8) is 0 Å².